The van der Waals surface area contributed by atoms with Crippen molar-refractivity contribution in [3.8, 4) is 0 Å². The number of hydrogen-bond donors (Lipinski definition) is 1. The van der Waals surface area contributed by atoms with Crippen molar-refractivity contribution in [2.24, 2.45) is 11.7 Å². The van der Waals surface area contributed by atoms with Gasteiger partial charge in [0.05, 0.1) is 6.61 Å². The van der Waals surface area contributed by atoms with Gasteiger partial charge >= 0.3 is 0 Å². The molecule has 0 aromatic heterocycles. The van der Waals surface area contributed by atoms with Gasteiger partial charge in [-0.2, -0.15) is 0 Å². The second-order valence-electron chi connectivity index (χ2n) is 3.18. The number of nitrogens with zero attached hydrogens (tertiary/aromatic N) is 1. The van der Waals surface area contributed by atoms with E-state index in [1.54, 1.807) is 7.11 Å². The molecule has 0 amide bonds. The van der Waals surface area contributed by atoms with Crippen LogP contribution in [0.2, 0.25) is 0 Å². The largest absolute Gasteiger partial charge is 0.383 e. The summed E-state index contributed by atoms with van der Waals surface area (Å²) in [5, 5.41) is 0. The highest BCUT2D eigenvalue weighted by atomic mass is 16.5. The molecule has 1 fully saturated rings. The predicted molar refractivity (Wildman–Crippen MR) is 45.5 cm³/mol. The average Bonchev–Trinajstić information content (AvgIpc) is 2.48. The van der Waals surface area contributed by atoms with Gasteiger partial charge in [-0.15, -0.1) is 0 Å². The van der Waals surface area contributed by atoms with Gasteiger partial charge in [0.25, 0.3) is 0 Å². The summed E-state index contributed by atoms with van der Waals surface area (Å²) in [6.45, 7) is 5.11. The Morgan fingerprint density at radius 3 is 3.00 bits per heavy atom. The molecule has 11 heavy (non-hydrogen) atoms. The maximum Gasteiger partial charge on any atom is 0.0589 e. The Labute approximate surface area is 68.5 Å². The molecular formula is C8H18N2O. The van der Waals surface area contributed by atoms with E-state index in [-0.39, 0.29) is 0 Å². The second kappa shape index (κ2) is 4.70. The number of rotatable bonds is 4. The Kier molecular flexibility index (Phi) is 3.83. The lowest BCUT2D eigenvalue weighted by atomic mass is 10.1. The Balaban J connectivity index is 2.09. The number of hydrogen-bond acceptors (Lipinski definition) is 3. The van der Waals surface area contributed by atoms with E-state index >= 15 is 0 Å². The van der Waals surface area contributed by atoms with Crippen LogP contribution in [0.3, 0.4) is 0 Å². The Morgan fingerprint density at radius 2 is 2.45 bits per heavy atom. The zero-order chi connectivity index (χ0) is 8.10. The van der Waals surface area contributed by atoms with Crippen molar-refractivity contribution in [2.75, 3.05) is 39.9 Å². The lowest BCUT2D eigenvalue weighted by molar-refractivity contribution is 0.159. The zero-order valence-electron chi connectivity index (χ0n) is 7.25. The van der Waals surface area contributed by atoms with E-state index < -0.39 is 0 Å². The van der Waals surface area contributed by atoms with E-state index in [0.717, 1.165) is 25.6 Å². The van der Waals surface area contributed by atoms with Crippen molar-refractivity contribution in [3.05, 3.63) is 0 Å². The maximum atomic E-state index is 5.57. The number of methoxy groups -OCH3 is 1. The SMILES string of the molecule is COCCN1CC[C@@H](CN)C1. The third-order valence-electron chi connectivity index (χ3n) is 2.31. The van der Waals surface area contributed by atoms with Crippen molar-refractivity contribution >= 4 is 0 Å². The fourth-order valence-electron chi connectivity index (χ4n) is 1.53. The van der Waals surface area contributed by atoms with Crippen LogP contribution in [0, 0.1) is 5.92 Å². The van der Waals surface area contributed by atoms with Crippen LogP contribution in [0.15, 0.2) is 0 Å². The second-order valence-corrected chi connectivity index (χ2v) is 3.18. The molecule has 1 saturated heterocycles. The Morgan fingerprint density at radius 1 is 1.64 bits per heavy atom. The van der Waals surface area contributed by atoms with Crippen LogP contribution in [0.4, 0.5) is 0 Å². The minimum atomic E-state index is 0.729. The van der Waals surface area contributed by atoms with Gasteiger partial charge in [0.1, 0.15) is 0 Å². The van der Waals surface area contributed by atoms with Crippen LogP contribution in [0.1, 0.15) is 6.42 Å². The molecule has 1 rings (SSSR count). The molecular weight excluding hydrogens is 140 g/mol. The van der Waals surface area contributed by atoms with Crippen molar-refractivity contribution in [1.29, 1.82) is 0 Å². The van der Waals surface area contributed by atoms with Crippen LogP contribution in [0.25, 0.3) is 0 Å². The molecule has 3 nitrogen and oxygen atoms in total. The first-order valence-corrected chi connectivity index (χ1v) is 4.28. The summed E-state index contributed by atoms with van der Waals surface area (Å²) in [6.07, 6.45) is 1.26. The lowest BCUT2D eigenvalue weighted by Crippen LogP contribution is -2.26. The standard InChI is InChI=1S/C8H18N2O/c1-11-5-4-10-3-2-8(6-9)7-10/h8H,2-7,9H2,1H3/t8-/m0/s1. The van der Waals surface area contributed by atoms with Gasteiger partial charge in [-0.25, -0.2) is 0 Å². The van der Waals surface area contributed by atoms with Crippen LogP contribution >= 0.6 is 0 Å². The Hall–Kier alpha value is -0.120. The first-order chi connectivity index (χ1) is 5.36. The van der Waals surface area contributed by atoms with E-state index in [9.17, 15) is 0 Å². The monoisotopic (exact) mass is 158 g/mol. The Bertz CT molecular complexity index is 108. The maximum absolute atomic E-state index is 5.57. The zero-order valence-corrected chi connectivity index (χ0v) is 7.25. The molecule has 0 aromatic rings. The van der Waals surface area contributed by atoms with Crippen LogP contribution < -0.4 is 5.73 Å². The molecule has 2 N–H and O–H groups in total. The van der Waals surface area contributed by atoms with E-state index in [1.807, 2.05) is 0 Å². The van der Waals surface area contributed by atoms with E-state index in [2.05, 4.69) is 4.90 Å². The molecule has 0 saturated carbocycles. The molecule has 1 aliphatic heterocycles. The van der Waals surface area contributed by atoms with Gasteiger partial charge in [-0.05, 0) is 25.4 Å². The van der Waals surface area contributed by atoms with Gasteiger partial charge in [-0.3, -0.25) is 0 Å². The van der Waals surface area contributed by atoms with Crippen LogP contribution in [0.5, 0.6) is 0 Å². The van der Waals surface area contributed by atoms with Crippen molar-refractivity contribution in [1.82, 2.24) is 4.90 Å². The third-order valence-corrected chi connectivity index (χ3v) is 2.31. The summed E-state index contributed by atoms with van der Waals surface area (Å²) >= 11 is 0. The minimum absolute atomic E-state index is 0.729. The van der Waals surface area contributed by atoms with E-state index in [1.165, 1.54) is 19.5 Å². The topological polar surface area (TPSA) is 38.5 Å². The third kappa shape index (κ3) is 2.77. The first-order valence-electron chi connectivity index (χ1n) is 4.28. The number of ether oxygens (including phenoxy) is 1. The smallest absolute Gasteiger partial charge is 0.0589 e. The number of likely N-dealkylation sites (tertiary alicyclic amines) is 1. The predicted octanol–water partition coefficient (Wildman–Crippen LogP) is -0.0866. The summed E-state index contributed by atoms with van der Waals surface area (Å²) in [4.78, 5) is 2.42. The van der Waals surface area contributed by atoms with Gasteiger partial charge in [0, 0.05) is 20.2 Å². The highest BCUT2D eigenvalue weighted by molar-refractivity contribution is 4.75. The molecule has 0 aliphatic carbocycles. The fraction of sp³-hybridized carbons (Fsp3) is 1.00. The van der Waals surface area contributed by atoms with Gasteiger partial charge in [-0.1, -0.05) is 0 Å². The van der Waals surface area contributed by atoms with E-state index in [0.29, 0.717) is 0 Å². The van der Waals surface area contributed by atoms with Crippen molar-refractivity contribution in [3.63, 3.8) is 0 Å². The van der Waals surface area contributed by atoms with Crippen molar-refractivity contribution in [2.45, 2.75) is 6.42 Å². The molecule has 0 unspecified atom stereocenters. The number of nitrogens with two attached hydrogens (primary N) is 1. The molecule has 0 bridgehead atoms. The highest BCUT2D eigenvalue weighted by Gasteiger charge is 2.19. The van der Waals surface area contributed by atoms with Crippen LogP contribution in [-0.4, -0.2) is 44.8 Å². The molecule has 1 heterocycles. The van der Waals surface area contributed by atoms with Gasteiger partial charge in [0.2, 0.25) is 0 Å². The van der Waals surface area contributed by atoms with Gasteiger partial charge < -0.3 is 15.4 Å². The fourth-order valence-corrected chi connectivity index (χ4v) is 1.53. The molecule has 0 aromatic carbocycles. The lowest BCUT2D eigenvalue weighted by Gasteiger charge is -2.14. The van der Waals surface area contributed by atoms with Gasteiger partial charge in [0.15, 0.2) is 0 Å². The minimum Gasteiger partial charge on any atom is -0.383 e. The molecule has 1 aliphatic rings. The van der Waals surface area contributed by atoms with Crippen LogP contribution in [-0.2, 0) is 4.74 Å². The molecule has 3 heteroatoms. The highest BCUT2D eigenvalue weighted by Crippen LogP contribution is 2.13. The molecule has 0 spiro atoms. The summed E-state index contributed by atoms with van der Waals surface area (Å²) < 4.78 is 5.00. The first kappa shape index (κ1) is 8.97. The summed E-state index contributed by atoms with van der Waals surface area (Å²) in [6, 6.07) is 0. The molecule has 1 atom stereocenters. The van der Waals surface area contributed by atoms with E-state index in [4.69, 9.17) is 10.5 Å². The molecule has 66 valence electrons. The van der Waals surface area contributed by atoms with Crippen molar-refractivity contribution < 1.29 is 4.74 Å². The summed E-state index contributed by atoms with van der Waals surface area (Å²) in [7, 11) is 1.75. The quantitative estimate of drug-likeness (QED) is 0.621. The summed E-state index contributed by atoms with van der Waals surface area (Å²) in [5.41, 5.74) is 5.57. The molecule has 0 radical (unpaired) electrons. The normalized spacial score (nSPS) is 26.2. The summed E-state index contributed by atoms with van der Waals surface area (Å²) in [5.74, 6) is 0.729. The average molecular weight is 158 g/mol.